The normalized spacial score (nSPS) is 22.6. The van der Waals surface area contributed by atoms with Crippen LogP contribution in [0, 0.1) is 0 Å². The van der Waals surface area contributed by atoms with Crippen LogP contribution in [0.2, 0.25) is 0 Å². The van der Waals surface area contributed by atoms with Crippen molar-refractivity contribution in [2.45, 2.75) is 36.1 Å². The molecule has 3 aromatic carbocycles. The molecule has 0 bridgehead atoms. The van der Waals surface area contributed by atoms with Gasteiger partial charge >= 0.3 is 0 Å². The average Bonchev–Trinajstić information content (AvgIpc) is 3.18. The van der Waals surface area contributed by atoms with Gasteiger partial charge in [0.05, 0.1) is 4.90 Å². The van der Waals surface area contributed by atoms with Crippen LogP contribution in [0.3, 0.4) is 0 Å². The molecule has 0 unspecified atom stereocenters. The molecule has 5 rings (SSSR count). The van der Waals surface area contributed by atoms with E-state index in [0.29, 0.717) is 4.90 Å². The third-order valence-electron chi connectivity index (χ3n) is 6.09. The van der Waals surface area contributed by atoms with E-state index in [1.165, 1.54) is 16.7 Å². The summed E-state index contributed by atoms with van der Waals surface area (Å²) in [6, 6.07) is 21.8. The first-order chi connectivity index (χ1) is 13.4. The van der Waals surface area contributed by atoms with Crippen LogP contribution in [0.25, 0.3) is 11.1 Å². The largest absolute Gasteiger partial charge is 0.240 e. The predicted molar refractivity (Wildman–Crippen MR) is 115 cm³/mol. The Morgan fingerprint density at radius 1 is 0.964 bits per heavy atom. The zero-order valence-corrected chi connectivity index (χ0v) is 17.8. The number of sulfonamides is 1. The second-order valence-corrected chi connectivity index (χ2v) is 10.6. The molecular weight excluding hydrogens is 434 g/mol. The molecule has 0 saturated heterocycles. The van der Waals surface area contributed by atoms with Gasteiger partial charge in [-0.15, -0.1) is 0 Å². The van der Waals surface area contributed by atoms with Crippen molar-refractivity contribution < 1.29 is 8.42 Å². The minimum absolute atomic E-state index is 0.0682. The summed E-state index contributed by atoms with van der Waals surface area (Å²) in [6.45, 7) is 2.12. The molecule has 2 aliphatic rings. The van der Waals surface area contributed by atoms with Gasteiger partial charge in [0.25, 0.3) is 0 Å². The van der Waals surface area contributed by atoms with Gasteiger partial charge in [-0.3, -0.25) is 0 Å². The number of halogens is 1. The number of benzene rings is 3. The molecule has 142 valence electrons. The third-order valence-corrected chi connectivity index (χ3v) is 8.06. The highest BCUT2D eigenvalue weighted by Gasteiger charge is 2.53. The van der Waals surface area contributed by atoms with Crippen LogP contribution in [-0.4, -0.2) is 14.5 Å². The minimum atomic E-state index is -3.55. The van der Waals surface area contributed by atoms with Crippen molar-refractivity contribution in [3.05, 3.63) is 87.9 Å². The van der Waals surface area contributed by atoms with Crippen molar-refractivity contribution in [3.8, 4) is 11.1 Å². The standard InChI is InChI=1S/C23H20BrNO2S/c1-23(17-5-3-2-4-6-17)14-22(23)25-28(26,27)19-8-10-21-16(13-19)11-15-12-18(24)7-9-20(15)21/h2-10,12-13,22,25H,11,14H2,1H3/t22-,23+/m0/s1. The molecule has 5 heteroatoms. The fourth-order valence-corrected chi connectivity index (χ4v) is 6.06. The summed E-state index contributed by atoms with van der Waals surface area (Å²) in [5, 5.41) is 0. The predicted octanol–water partition coefficient (Wildman–Crippen LogP) is 5.03. The zero-order valence-electron chi connectivity index (χ0n) is 15.4. The summed E-state index contributed by atoms with van der Waals surface area (Å²) in [5.74, 6) is 0. The fourth-order valence-electron chi connectivity index (χ4n) is 4.25. The first kappa shape index (κ1) is 18.1. The molecule has 1 fully saturated rings. The second kappa shape index (κ2) is 6.28. The Labute approximate surface area is 174 Å². The van der Waals surface area contributed by atoms with Gasteiger partial charge < -0.3 is 0 Å². The minimum Gasteiger partial charge on any atom is -0.207 e. The first-order valence-electron chi connectivity index (χ1n) is 9.36. The topological polar surface area (TPSA) is 46.2 Å². The molecular formula is C23H20BrNO2S. The van der Waals surface area contributed by atoms with Crippen LogP contribution in [0.1, 0.15) is 30.0 Å². The van der Waals surface area contributed by atoms with Gasteiger partial charge in [-0.25, -0.2) is 13.1 Å². The first-order valence-corrected chi connectivity index (χ1v) is 11.6. The number of rotatable bonds is 4. The summed E-state index contributed by atoms with van der Waals surface area (Å²) in [5.41, 5.74) is 5.66. The van der Waals surface area contributed by atoms with Gasteiger partial charge in [0.15, 0.2) is 0 Å². The SMILES string of the molecule is C[C@]1(c2ccccc2)C[C@@H]1NS(=O)(=O)c1ccc2c(c1)Cc1cc(Br)ccc1-2. The lowest BCUT2D eigenvalue weighted by atomic mass is 9.98. The number of nitrogens with one attached hydrogen (secondary N) is 1. The van der Waals surface area contributed by atoms with E-state index in [9.17, 15) is 8.42 Å². The van der Waals surface area contributed by atoms with Gasteiger partial charge in [0.1, 0.15) is 0 Å². The summed E-state index contributed by atoms with van der Waals surface area (Å²) < 4.78 is 30.0. The Balaban J connectivity index is 1.40. The molecule has 3 aromatic rings. The quantitative estimate of drug-likeness (QED) is 0.470. The van der Waals surface area contributed by atoms with E-state index in [1.54, 1.807) is 6.07 Å². The highest BCUT2D eigenvalue weighted by molar-refractivity contribution is 9.10. The van der Waals surface area contributed by atoms with E-state index in [2.05, 4.69) is 51.8 Å². The molecule has 0 amide bonds. The fraction of sp³-hybridized carbons (Fsp3) is 0.217. The molecule has 0 aliphatic heterocycles. The Hall–Kier alpha value is -1.95. The highest BCUT2D eigenvalue weighted by Crippen LogP contribution is 2.48. The van der Waals surface area contributed by atoms with Crippen LogP contribution in [0.4, 0.5) is 0 Å². The summed E-state index contributed by atoms with van der Waals surface area (Å²) in [6.07, 6.45) is 1.58. The van der Waals surface area contributed by atoms with Gasteiger partial charge in [-0.05, 0) is 64.9 Å². The molecule has 0 heterocycles. The Morgan fingerprint density at radius 3 is 2.39 bits per heavy atom. The summed E-state index contributed by atoms with van der Waals surface area (Å²) >= 11 is 3.51. The maximum Gasteiger partial charge on any atom is 0.240 e. The molecule has 0 spiro atoms. The molecule has 0 radical (unpaired) electrons. The maximum absolute atomic E-state index is 13.0. The smallest absolute Gasteiger partial charge is 0.207 e. The van der Waals surface area contributed by atoms with Crippen molar-refractivity contribution in [1.29, 1.82) is 0 Å². The third kappa shape index (κ3) is 2.93. The lowest BCUT2D eigenvalue weighted by Gasteiger charge is -2.13. The van der Waals surface area contributed by atoms with Crippen molar-refractivity contribution in [2.75, 3.05) is 0 Å². The molecule has 1 saturated carbocycles. The van der Waals surface area contributed by atoms with E-state index in [0.717, 1.165) is 28.4 Å². The van der Waals surface area contributed by atoms with E-state index in [4.69, 9.17) is 0 Å². The zero-order chi connectivity index (χ0) is 19.5. The van der Waals surface area contributed by atoms with Crippen LogP contribution < -0.4 is 4.72 Å². The van der Waals surface area contributed by atoms with E-state index < -0.39 is 10.0 Å². The molecule has 0 aromatic heterocycles. The van der Waals surface area contributed by atoms with Gasteiger partial charge in [0, 0.05) is 15.9 Å². The summed E-state index contributed by atoms with van der Waals surface area (Å²) in [7, 11) is -3.55. The van der Waals surface area contributed by atoms with E-state index in [-0.39, 0.29) is 11.5 Å². The monoisotopic (exact) mass is 453 g/mol. The van der Waals surface area contributed by atoms with Gasteiger partial charge in [0.2, 0.25) is 10.0 Å². The maximum atomic E-state index is 13.0. The molecule has 2 atom stereocenters. The van der Waals surface area contributed by atoms with Gasteiger partial charge in [-0.2, -0.15) is 0 Å². The van der Waals surface area contributed by atoms with Gasteiger partial charge in [-0.1, -0.05) is 65.3 Å². The molecule has 28 heavy (non-hydrogen) atoms. The summed E-state index contributed by atoms with van der Waals surface area (Å²) in [4.78, 5) is 0.348. The molecule has 2 aliphatic carbocycles. The highest BCUT2D eigenvalue weighted by atomic mass is 79.9. The average molecular weight is 454 g/mol. The lowest BCUT2D eigenvalue weighted by molar-refractivity contribution is 0.573. The van der Waals surface area contributed by atoms with Crippen LogP contribution >= 0.6 is 15.9 Å². The van der Waals surface area contributed by atoms with E-state index >= 15 is 0 Å². The second-order valence-electron chi connectivity index (χ2n) is 7.96. The number of hydrogen-bond donors (Lipinski definition) is 1. The number of fused-ring (bicyclic) bond motifs is 3. The van der Waals surface area contributed by atoms with Crippen molar-refractivity contribution in [3.63, 3.8) is 0 Å². The Bertz CT molecular complexity index is 1190. The molecule has 3 nitrogen and oxygen atoms in total. The van der Waals surface area contributed by atoms with E-state index in [1.807, 2.05) is 36.4 Å². The van der Waals surface area contributed by atoms with Crippen molar-refractivity contribution in [1.82, 2.24) is 4.72 Å². The van der Waals surface area contributed by atoms with Crippen molar-refractivity contribution in [2.24, 2.45) is 0 Å². The van der Waals surface area contributed by atoms with Crippen molar-refractivity contribution >= 4 is 26.0 Å². The van der Waals surface area contributed by atoms with Crippen LogP contribution in [-0.2, 0) is 21.9 Å². The Morgan fingerprint density at radius 2 is 1.64 bits per heavy atom. The van der Waals surface area contributed by atoms with Crippen LogP contribution in [0.15, 0.2) is 76.1 Å². The van der Waals surface area contributed by atoms with Crippen LogP contribution in [0.5, 0.6) is 0 Å². The Kier molecular flexibility index (Phi) is 4.06. The molecule has 1 N–H and O–H groups in total. The number of hydrogen-bond acceptors (Lipinski definition) is 2. The lowest BCUT2D eigenvalue weighted by Crippen LogP contribution is -2.30.